The quantitative estimate of drug-likeness (QED) is 0.822. The Morgan fingerprint density at radius 3 is 3.00 bits per heavy atom. The van der Waals surface area contributed by atoms with Gasteiger partial charge in [-0.1, -0.05) is 18.9 Å². The van der Waals surface area contributed by atoms with Crippen LogP contribution >= 0.6 is 0 Å². The number of nitrogens with one attached hydrogen (secondary N) is 1. The van der Waals surface area contributed by atoms with Gasteiger partial charge in [0.25, 0.3) is 0 Å². The van der Waals surface area contributed by atoms with E-state index in [9.17, 15) is 0 Å². The van der Waals surface area contributed by atoms with Gasteiger partial charge in [-0.05, 0) is 18.9 Å². The standard InChI is InChI=1S/C12H18N2O/c1-13-12-10(5-4-8-14-12)9-15-11-6-2-3-7-11/h4-5,8,11H,2-3,6-7,9H2,1H3,(H,13,14). The largest absolute Gasteiger partial charge is 0.373 e. The monoisotopic (exact) mass is 206 g/mol. The summed E-state index contributed by atoms with van der Waals surface area (Å²) in [5, 5.41) is 3.08. The van der Waals surface area contributed by atoms with Gasteiger partial charge in [-0.15, -0.1) is 0 Å². The number of nitrogens with zero attached hydrogens (tertiary/aromatic N) is 1. The minimum atomic E-state index is 0.468. The number of aromatic nitrogens is 1. The number of anilines is 1. The molecule has 2 rings (SSSR count). The minimum absolute atomic E-state index is 0.468. The zero-order chi connectivity index (χ0) is 10.5. The second kappa shape index (κ2) is 5.12. The molecule has 3 heteroatoms. The van der Waals surface area contributed by atoms with Crippen LogP contribution in [0, 0.1) is 0 Å². The van der Waals surface area contributed by atoms with Gasteiger partial charge in [0.05, 0.1) is 12.7 Å². The summed E-state index contributed by atoms with van der Waals surface area (Å²) >= 11 is 0. The zero-order valence-electron chi connectivity index (χ0n) is 9.20. The average Bonchev–Trinajstić information content (AvgIpc) is 2.79. The average molecular weight is 206 g/mol. The topological polar surface area (TPSA) is 34.2 Å². The van der Waals surface area contributed by atoms with Crippen molar-refractivity contribution >= 4 is 5.82 Å². The Labute approximate surface area is 90.9 Å². The van der Waals surface area contributed by atoms with Crippen molar-refractivity contribution in [1.29, 1.82) is 0 Å². The summed E-state index contributed by atoms with van der Waals surface area (Å²) in [5.74, 6) is 0.926. The lowest BCUT2D eigenvalue weighted by molar-refractivity contribution is 0.0459. The lowest BCUT2D eigenvalue weighted by atomic mass is 10.2. The molecular weight excluding hydrogens is 188 g/mol. The summed E-state index contributed by atoms with van der Waals surface area (Å²) in [7, 11) is 1.89. The molecule has 0 spiro atoms. The van der Waals surface area contributed by atoms with Gasteiger partial charge in [0.2, 0.25) is 0 Å². The Morgan fingerprint density at radius 1 is 1.47 bits per heavy atom. The molecule has 0 amide bonds. The highest BCUT2D eigenvalue weighted by atomic mass is 16.5. The van der Waals surface area contributed by atoms with Crippen LogP contribution in [-0.2, 0) is 11.3 Å². The minimum Gasteiger partial charge on any atom is -0.373 e. The van der Waals surface area contributed by atoms with E-state index >= 15 is 0 Å². The molecule has 1 aromatic heterocycles. The molecule has 1 fully saturated rings. The molecule has 0 unspecified atom stereocenters. The highest BCUT2D eigenvalue weighted by molar-refractivity contribution is 5.42. The molecule has 1 saturated carbocycles. The van der Waals surface area contributed by atoms with E-state index in [1.165, 1.54) is 25.7 Å². The molecule has 1 aromatic rings. The molecule has 1 heterocycles. The van der Waals surface area contributed by atoms with Gasteiger partial charge in [0.15, 0.2) is 0 Å². The van der Waals surface area contributed by atoms with Crippen molar-refractivity contribution in [3.8, 4) is 0 Å². The molecule has 82 valence electrons. The Morgan fingerprint density at radius 2 is 2.27 bits per heavy atom. The molecule has 1 N–H and O–H groups in total. The maximum atomic E-state index is 5.85. The second-order valence-electron chi connectivity index (χ2n) is 3.98. The fourth-order valence-corrected chi connectivity index (χ4v) is 2.04. The van der Waals surface area contributed by atoms with Gasteiger partial charge >= 0.3 is 0 Å². The Balaban J connectivity index is 1.91. The highest BCUT2D eigenvalue weighted by Crippen LogP contribution is 2.23. The first-order valence-corrected chi connectivity index (χ1v) is 5.63. The summed E-state index contributed by atoms with van der Waals surface area (Å²) in [5.41, 5.74) is 1.15. The summed E-state index contributed by atoms with van der Waals surface area (Å²) in [6, 6.07) is 4.02. The molecule has 0 aromatic carbocycles. The maximum Gasteiger partial charge on any atom is 0.131 e. The molecule has 0 saturated heterocycles. The van der Waals surface area contributed by atoms with Gasteiger partial charge in [0, 0.05) is 18.8 Å². The lowest BCUT2D eigenvalue weighted by Crippen LogP contribution is -2.08. The van der Waals surface area contributed by atoms with Crippen molar-refractivity contribution in [2.75, 3.05) is 12.4 Å². The van der Waals surface area contributed by atoms with Crippen molar-refractivity contribution in [1.82, 2.24) is 4.98 Å². The van der Waals surface area contributed by atoms with E-state index in [1.807, 2.05) is 13.1 Å². The molecule has 0 aliphatic heterocycles. The highest BCUT2D eigenvalue weighted by Gasteiger charge is 2.15. The smallest absolute Gasteiger partial charge is 0.131 e. The van der Waals surface area contributed by atoms with Crippen LogP contribution in [0.1, 0.15) is 31.2 Å². The molecule has 0 bridgehead atoms. The van der Waals surface area contributed by atoms with Crippen LogP contribution in [0.15, 0.2) is 18.3 Å². The first-order chi connectivity index (χ1) is 7.40. The SMILES string of the molecule is CNc1ncccc1COC1CCCC1. The van der Waals surface area contributed by atoms with Crippen molar-refractivity contribution < 1.29 is 4.74 Å². The molecule has 15 heavy (non-hydrogen) atoms. The maximum absolute atomic E-state index is 5.85. The van der Waals surface area contributed by atoms with Crippen LogP contribution in [0.2, 0.25) is 0 Å². The van der Waals surface area contributed by atoms with Crippen LogP contribution in [0.4, 0.5) is 5.82 Å². The normalized spacial score (nSPS) is 16.9. The molecule has 1 aliphatic carbocycles. The van der Waals surface area contributed by atoms with Gasteiger partial charge in [-0.25, -0.2) is 4.98 Å². The van der Waals surface area contributed by atoms with E-state index in [-0.39, 0.29) is 0 Å². The molecular formula is C12H18N2O. The van der Waals surface area contributed by atoms with E-state index in [0.717, 1.165) is 11.4 Å². The molecule has 1 aliphatic rings. The van der Waals surface area contributed by atoms with Gasteiger partial charge < -0.3 is 10.1 Å². The summed E-state index contributed by atoms with van der Waals surface area (Å²) < 4.78 is 5.85. The van der Waals surface area contributed by atoms with Crippen molar-refractivity contribution in [2.24, 2.45) is 0 Å². The number of ether oxygens (including phenoxy) is 1. The van der Waals surface area contributed by atoms with Gasteiger partial charge in [-0.3, -0.25) is 0 Å². The first-order valence-electron chi connectivity index (χ1n) is 5.63. The second-order valence-corrected chi connectivity index (χ2v) is 3.98. The van der Waals surface area contributed by atoms with E-state index in [1.54, 1.807) is 6.20 Å². The van der Waals surface area contributed by atoms with Crippen LogP contribution in [0.3, 0.4) is 0 Å². The lowest BCUT2D eigenvalue weighted by Gasteiger charge is -2.12. The third-order valence-electron chi connectivity index (χ3n) is 2.90. The van der Waals surface area contributed by atoms with Crippen molar-refractivity contribution in [2.45, 2.75) is 38.4 Å². The first kappa shape index (κ1) is 10.4. The van der Waals surface area contributed by atoms with Crippen molar-refractivity contribution in [3.05, 3.63) is 23.9 Å². The predicted octanol–water partition coefficient (Wildman–Crippen LogP) is 2.58. The number of rotatable bonds is 4. The Kier molecular flexibility index (Phi) is 3.56. The van der Waals surface area contributed by atoms with E-state index in [4.69, 9.17) is 4.74 Å². The number of pyridine rings is 1. The van der Waals surface area contributed by atoms with Crippen LogP contribution in [0.25, 0.3) is 0 Å². The Bertz CT molecular complexity index is 308. The zero-order valence-corrected chi connectivity index (χ0v) is 9.20. The van der Waals surface area contributed by atoms with Crippen LogP contribution < -0.4 is 5.32 Å². The molecule has 3 nitrogen and oxygen atoms in total. The molecule has 0 atom stereocenters. The predicted molar refractivity (Wildman–Crippen MR) is 60.8 cm³/mol. The third kappa shape index (κ3) is 2.69. The number of hydrogen-bond donors (Lipinski definition) is 1. The van der Waals surface area contributed by atoms with Gasteiger partial charge in [0.1, 0.15) is 5.82 Å². The van der Waals surface area contributed by atoms with Crippen LogP contribution in [0.5, 0.6) is 0 Å². The van der Waals surface area contributed by atoms with E-state index in [0.29, 0.717) is 12.7 Å². The fraction of sp³-hybridized carbons (Fsp3) is 0.583. The summed E-state index contributed by atoms with van der Waals surface area (Å²) in [4.78, 5) is 4.25. The van der Waals surface area contributed by atoms with Crippen LogP contribution in [-0.4, -0.2) is 18.1 Å². The van der Waals surface area contributed by atoms with E-state index < -0.39 is 0 Å². The van der Waals surface area contributed by atoms with E-state index in [2.05, 4.69) is 16.4 Å². The summed E-state index contributed by atoms with van der Waals surface area (Å²) in [6.45, 7) is 0.675. The third-order valence-corrected chi connectivity index (χ3v) is 2.90. The fourth-order valence-electron chi connectivity index (χ4n) is 2.04. The summed E-state index contributed by atoms with van der Waals surface area (Å²) in [6.07, 6.45) is 7.33. The van der Waals surface area contributed by atoms with Crippen molar-refractivity contribution in [3.63, 3.8) is 0 Å². The molecule has 0 radical (unpaired) electrons. The number of hydrogen-bond acceptors (Lipinski definition) is 3. The van der Waals surface area contributed by atoms with Gasteiger partial charge in [-0.2, -0.15) is 0 Å². The Hall–Kier alpha value is -1.09.